The molecule has 0 aliphatic carbocycles. The Morgan fingerprint density at radius 2 is 1.88 bits per heavy atom. The lowest BCUT2D eigenvalue weighted by Gasteiger charge is -2.45. The summed E-state index contributed by atoms with van der Waals surface area (Å²) in [6.45, 7) is 9.97. The summed E-state index contributed by atoms with van der Waals surface area (Å²) < 4.78 is 0. The van der Waals surface area contributed by atoms with Gasteiger partial charge in [-0.25, -0.2) is 0 Å². The molecule has 0 spiro atoms. The third-order valence-electron chi connectivity index (χ3n) is 4.28. The Labute approximate surface area is 113 Å². The molecule has 104 valence electrons. The Morgan fingerprint density at radius 1 is 1.29 bits per heavy atom. The molecule has 0 heterocycles. The van der Waals surface area contributed by atoms with E-state index in [1.165, 1.54) is 18.6 Å². The van der Waals surface area contributed by atoms with E-state index in [0.717, 1.165) is 18.9 Å². The highest BCUT2D eigenvalue weighted by Gasteiger charge is 2.34. The van der Waals surface area contributed by atoms with Crippen LogP contribution in [0.1, 0.15) is 47.0 Å². The van der Waals surface area contributed by atoms with Gasteiger partial charge in [0.1, 0.15) is 0 Å². The predicted molar refractivity (Wildman–Crippen MR) is 81.8 cm³/mol. The summed E-state index contributed by atoms with van der Waals surface area (Å²) >= 11 is 1.92. The average Bonchev–Trinajstić information content (AvgIpc) is 2.35. The second-order valence-electron chi connectivity index (χ2n) is 5.41. The quantitative estimate of drug-likeness (QED) is 0.690. The van der Waals surface area contributed by atoms with Gasteiger partial charge in [-0.15, -0.1) is 0 Å². The van der Waals surface area contributed by atoms with Crippen LogP contribution in [0, 0.1) is 5.92 Å². The first kappa shape index (κ1) is 17.3. The summed E-state index contributed by atoms with van der Waals surface area (Å²) in [5.41, 5.74) is 6.29. The van der Waals surface area contributed by atoms with Crippen molar-refractivity contribution in [3.63, 3.8) is 0 Å². The number of likely N-dealkylation sites (N-methyl/N-ethyl adjacent to an activating group) is 1. The van der Waals surface area contributed by atoms with Gasteiger partial charge in [0.15, 0.2) is 0 Å². The van der Waals surface area contributed by atoms with Crippen molar-refractivity contribution in [1.29, 1.82) is 0 Å². The van der Waals surface area contributed by atoms with Crippen LogP contribution in [-0.2, 0) is 0 Å². The van der Waals surface area contributed by atoms with Crippen molar-refractivity contribution in [2.45, 2.75) is 58.5 Å². The van der Waals surface area contributed by atoms with Gasteiger partial charge in [-0.2, -0.15) is 11.8 Å². The lowest BCUT2D eigenvalue weighted by atomic mass is 9.82. The fourth-order valence-corrected chi connectivity index (χ4v) is 3.23. The maximum atomic E-state index is 6.11. The summed E-state index contributed by atoms with van der Waals surface area (Å²) in [4.78, 5) is 2.52. The SMILES string of the molecule is CCC(C)CC(CC)(CN)N(C)C(C)CSC. The minimum Gasteiger partial charge on any atom is -0.329 e. The van der Waals surface area contributed by atoms with Crippen molar-refractivity contribution in [1.82, 2.24) is 4.90 Å². The number of nitrogens with zero attached hydrogens (tertiary/aromatic N) is 1. The van der Waals surface area contributed by atoms with Gasteiger partial charge in [0.05, 0.1) is 0 Å². The molecule has 0 bridgehead atoms. The predicted octanol–water partition coefficient (Wildman–Crippen LogP) is 3.21. The molecule has 0 aliphatic heterocycles. The molecule has 0 aromatic rings. The smallest absolute Gasteiger partial charge is 0.0331 e. The summed E-state index contributed by atoms with van der Waals surface area (Å²) in [5.74, 6) is 1.93. The van der Waals surface area contributed by atoms with Gasteiger partial charge in [-0.05, 0) is 39.0 Å². The zero-order valence-corrected chi connectivity index (χ0v) is 13.4. The fourth-order valence-electron chi connectivity index (χ4n) is 2.52. The molecule has 0 aliphatic rings. The van der Waals surface area contributed by atoms with Gasteiger partial charge in [0, 0.05) is 23.9 Å². The Balaban J connectivity index is 4.78. The maximum Gasteiger partial charge on any atom is 0.0331 e. The summed E-state index contributed by atoms with van der Waals surface area (Å²) in [6, 6.07) is 0.595. The Kier molecular flexibility index (Phi) is 8.52. The minimum absolute atomic E-state index is 0.185. The molecule has 0 aromatic heterocycles. The van der Waals surface area contributed by atoms with Crippen LogP contribution in [0.2, 0.25) is 0 Å². The second-order valence-corrected chi connectivity index (χ2v) is 6.33. The summed E-state index contributed by atoms with van der Waals surface area (Å²) in [5, 5.41) is 0. The third kappa shape index (κ3) is 4.80. The van der Waals surface area contributed by atoms with E-state index in [4.69, 9.17) is 5.73 Å². The first-order chi connectivity index (χ1) is 7.97. The molecule has 17 heavy (non-hydrogen) atoms. The molecule has 3 heteroatoms. The van der Waals surface area contributed by atoms with Gasteiger partial charge in [-0.1, -0.05) is 27.2 Å². The van der Waals surface area contributed by atoms with Gasteiger partial charge >= 0.3 is 0 Å². The van der Waals surface area contributed by atoms with Crippen LogP contribution in [0.25, 0.3) is 0 Å². The largest absolute Gasteiger partial charge is 0.329 e. The van der Waals surface area contributed by atoms with E-state index in [2.05, 4.69) is 45.9 Å². The van der Waals surface area contributed by atoms with Crippen LogP contribution in [0.5, 0.6) is 0 Å². The molecule has 0 amide bonds. The second kappa shape index (κ2) is 8.39. The van der Waals surface area contributed by atoms with E-state index < -0.39 is 0 Å². The molecule has 3 atom stereocenters. The summed E-state index contributed by atoms with van der Waals surface area (Å²) in [7, 11) is 2.25. The average molecular weight is 260 g/mol. The van der Waals surface area contributed by atoms with E-state index >= 15 is 0 Å². The highest BCUT2D eigenvalue weighted by atomic mass is 32.2. The van der Waals surface area contributed by atoms with E-state index in [9.17, 15) is 0 Å². The number of rotatable bonds is 9. The highest BCUT2D eigenvalue weighted by Crippen LogP contribution is 2.29. The zero-order valence-electron chi connectivity index (χ0n) is 12.6. The van der Waals surface area contributed by atoms with Crippen molar-refractivity contribution in [3.05, 3.63) is 0 Å². The lowest BCUT2D eigenvalue weighted by Crippen LogP contribution is -2.56. The van der Waals surface area contributed by atoms with E-state index in [1.54, 1.807) is 0 Å². The molecule has 0 saturated heterocycles. The van der Waals surface area contributed by atoms with Crippen molar-refractivity contribution in [2.75, 3.05) is 25.6 Å². The highest BCUT2D eigenvalue weighted by molar-refractivity contribution is 7.98. The monoisotopic (exact) mass is 260 g/mol. The fraction of sp³-hybridized carbons (Fsp3) is 1.00. The van der Waals surface area contributed by atoms with E-state index in [-0.39, 0.29) is 5.54 Å². The number of thioether (sulfide) groups is 1. The zero-order chi connectivity index (χ0) is 13.5. The lowest BCUT2D eigenvalue weighted by molar-refractivity contribution is 0.0663. The first-order valence-corrected chi connectivity index (χ1v) is 8.28. The summed E-state index contributed by atoms with van der Waals surface area (Å²) in [6.07, 6.45) is 5.77. The molecule has 3 unspecified atom stereocenters. The van der Waals surface area contributed by atoms with E-state index in [0.29, 0.717) is 6.04 Å². The van der Waals surface area contributed by atoms with Crippen molar-refractivity contribution < 1.29 is 0 Å². The standard InChI is InChI=1S/C14H32N2S/c1-7-12(3)9-14(8-2,11-15)16(5)13(4)10-17-6/h12-13H,7-11,15H2,1-6H3. The Bertz CT molecular complexity index is 193. The molecule has 0 radical (unpaired) electrons. The molecular weight excluding hydrogens is 228 g/mol. The maximum absolute atomic E-state index is 6.11. The third-order valence-corrected chi connectivity index (χ3v) is 5.10. The molecular formula is C14H32N2S. The van der Waals surface area contributed by atoms with E-state index in [1.807, 2.05) is 11.8 Å². The van der Waals surface area contributed by atoms with Gasteiger partial charge in [0.25, 0.3) is 0 Å². The number of hydrogen-bond donors (Lipinski definition) is 1. The topological polar surface area (TPSA) is 29.3 Å². The molecule has 0 rings (SSSR count). The van der Waals surface area contributed by atoms with Gasteiger partial charge in [0.2, 0.25) is 0 Å². The molecule has 2 nitrogen and oxygen atoms in total. The van der Waals surface area contributed by atoms with Crippen LogP contribution < -0.4 is 5.73 Å². The van der Waals surface area contributed by atoms with Crippen LogP contribution in [-0.4, -0.2) is 42.1 Å². The van der Waals surface area contributed by atoms with Crippen molar-refractivity contribution in [3.8, 4) is 0 Å². The number of nitrogens with two attached hydrogens (primary N) is 1. The van der Waals surface area contributed by atoms with Gasteiger partial charge < -0.3 is 5.73 Å². The van der Waals surface area contributed by atoms with Crippen LogP contribution in [0.4, 0.5) is 0 Å². The number of hydrogen-bond acceptors (Lipinski definition) is 3. The minimum atomic E-state index is 0.185. The Morgan fingerprint density at radius 3 is 2.24 bits per heavy atom. The Hall–Kier alpha value is 0.270. The van der Waals surface area contributed by atoms with Crippen molar-refractivity contribution in [2.24, 2.45) is 11.7 Å². The van der Waals surface area contributed by atoms with Crippen LogP contribution in [0.3, 0.4) is 0 Å². The molecule has 2 N–H and O–H groups in total. The molecule has 0 saturated carbocycles. The molecule has 0 fully saturated rings. The van der Waals surface area contributed by atoms with Crippen molar-refractivity contribution >= 4 is 11.8 Å². The van der Waals surface area contributed by atoms with Gasteiger partial charge in [-0.3, -0.25) is 4.90 Å². The first-order valence-electron chi connectivity index (χ1n) is 6.89. The normalized spacial score (nSPS) is 19.1. The molecule has 0 aromatic carbocycles. The van der Waals surface area contributed by atoms with Crippen LogP contribution >= 0.6 is 11.8 Å². The van der Waals surface area contributed by atoms with Crippen LogP contribution in [0.15, 0.2) is 0 Å².